The molecule has 1 atom stereocenters. The number of amides is 1. The van der Waals surface area contributed by atoms with Crippen molar-refractivity contribution >= 4 is 5.91 Å². The number of carbonyl (C=O) groups is 1. The Kier molecular flexibility index (Phi) is 4.81. The number of ether oxygens (including phenoxy) is 1. The number of hydrogen-bond acceptors (Lipinski definition) is 4. The number of morpholine rings is 1. The Morgan fingerprint density at radius 2 is 2.05 bits per heavy atom. The summed E-state index contributed by atoms with van der Waals surface area (Å²) in [7, 11) is 0. The number of nitrogens with zero attached hydrogens (tertiary/aromatic N) is 1. The standard InChI is InChI=1S/C14H27N3O2/c1-14(2,17-5-7-19-8-6-17)10-16-13(18)9-12(15)11-3-4-11/h11-12H,3-10,15H2,1-2H3,(H,16,18). The number of hydrogen-bond donors (Lipinski definition) is 2. The minimum atomic E-state index is -0.0247. The zero-order chi connectivity index (χ0) is 13.9. The lowest BCUT2D eigenvalue weighted by Crippen LogP contribution is -2.55. The Labute approximate surface area is 115 Å². The van der Waals surface area contributed by atoms with Crippen molar-refractivity contribution in [2.24, 2.45) is 11.7 Å². The SMILES string of the molecule is CC(C)(CNC(=O)CC(N)C1CC1)N1CCOCC1. The molecule has 1 unspecified atom stereocenters. The van der Waals surface area contributed by atoms with Gasteiger partial charge in [-0.15, -0.1) is 0 Å². The summed E-state index contributed by atoms with van der Waals surface area (Å²) < 4.78 is 5.36. The number of rotatable bonds is 6. The van der Waals surface area contributed by atoms with Crippen LogP contribution in [0, 0.1) is 5.92 Å². The van der Waals surface area contributed by atoms with Crippen LogP contribution in [-0.2, 0) is 9.53 Å². The van der Waals surface area contributed by atoms with Crippen molar-refractivity contribution < 1.29 is 9.53 Å². The van der Waals surface area contributed by atoms with Gasteiger partial charge in [0.2, 0.25) is 5.91 Å². The summed E-state index contributed by atoms with van der Waals surface area (Å²) in [6.45, 7) is 8.44. The minimum absolute atomic E-state index is 0.0247. The van der Waals surface area contributed by atoms with Crippen LogP contribution < -0.4 is 11.1 Å². The second kappa shape index (κ2) is 6.20. The van der Waals surface area contributed by atoms with E-state index in [2.05, 4.69) is 24.1 Å². The van der Waals surface area contributed by atoms with Gasteiger partial charge >= 0.3 is 0 Å². The zero-order valence-electron chi connectivity index (χ0n) is 12.2. The molecule has 0 aromatic carbocycles. The van der Waals surface area contributed by atoms with Gasteiger partial charge in [-0.2, -0.15) is 0 Å². The van der Waals surface area contributed by atoms with Crippen LogP contribution in [0.15, 0.2) is 0 Å². The van der Waals surface area contributed by atoms with E-state index >= 15 is 0 Å². The first-order valence-electron chi connectivity index (χ1n) is 7.34. The summed E-state index contributed by atoms with van der Waals surface area (Å²) in [4.78, 5) is 14.3. The Balaban J connectivity index is 1.71. The third-order valence-corrected chi connectivity index (χ3v) is 4.23. The smallest absolute Gasteiger partial charge is 0.221 e. The van der Waals surface area contributed by atoms with Gasteiger partial charge in [-0.25, -0.2) is 0 Å². The fourth-order valence-electron chi connectivity index (χ4n) is 2.57. The minimum Gasteiger partial charge on any atom is -0.379 e. The molecule has 2 fully saturated rings. The second-order valence-electron chi connectivity index (χ2n) is 6.39. The van der Waals surface area contributed by atoms with Crippen LogP contribution in [0.25, 0.3) is 0 Å². The number of carbonyl (C=O) groups excluding carboxylic acids is 1. The maximum atomic E-state index is 11.9. The molecule has 2 aliphatic rings. The third-order valence-electron chi connectivity index (χ3n) is 4.23. The molecule has 3 N–H and O–H groups in total. The van der Waals surface area contributed by atoms with Crippen LogP contribution in [0.1, 0.15) is 33.1 Å². The van der Waals surface area contributed by atoms with Crippen molar-refractivity contribution in [1.82, 2.24) is 10.2 Å². The van der Waals surface area contributed by atoms with E-state index in [1.807, 2.05) is 0 Å². The number of nitrogens with one attached hydrogen (secondary N) is 1. The van der Waals surface area contributed by atoms with Crippen molar-refractivity contribution in [2.75, 3.05) is 32.8 Å². The van der Waals surface area contributed by atoms with Gasteiger partial charge in [-0.3, -0.25) is 9.69 Å². The largest absolute Gasteiger partial charge is 0.379 e. The van der Waals surface area contributed by atoms with Gasteiger partial charge in [0.25, 0.3) is 0 Å². The average molecular weight is 269 g/mol. The van der Waals surface area contributed by atoms with Gasteiger partial charge in [0.05, 0.1) is 13.2 Å². The second-order valence-corrected chi connectivity index (χ2v) is 6.39. The Morgan fingerprint density at radius 1 is 1.42 bits per heavy atom. The van der Waals surface area contributed by atoms with Crippen LogP contribution in [0.4, 0.5) is 0 Å². The molecular formula is C14H27N3O2. The van der Waals surface area contributed by atoms with Gasteiger partial charge in [0.1, 0.15) is 0 Å². The molecule has 1 heterocycles. The van der Waals surface area contributed by atoms with Crippen LogP contribution in [0.5, 0.6) is 0 Å². The lowest BCUT2D eigenvalue weighted by atomic mass is 10.0. The molecule has 0 aromatic rings. The molecule has 1 saturated carbocycles. The average Bonchev–Trinajstić information content (AvgIpc) is 3.22. The van der Waals surface area contributed by atoms with Gasteiger partial charge in [-0.1, -0.05) is 0 Å². The Hall–Kier alpha value is -0.650. The van der Waals surface area contributed by atoms with Crippen LogP contribution >= 0.6 is 0 Å². The lowest BCUT2D eigenvalue weighted by Gasteiger charge is -2.40. The fourth-order valence-corrected chi connectivity index (χ4v) is 2.57. The van der Waals surface area contributed by atoms with Crippen molar-refractivity contribution in [3.8, 4) is 0 Å². The monoisotopic (exact) mass is 269 g/mol. The van der Waals surface area contributed by atoms with Crippen molar-refractivity contribution in [3.63, 3.8) is 0 Å². The van der Waals surface area contributed by atoms with Crippen LogP contribution in [-0.4, -0.2) is 55.2 Å². The van der Waals surface area contributed by atoms with Gasteiger partial charge < -0.3 is 15.8 Å². The summed E-state index contributed by atoms with van der Waals surface area (Å²) in [5, 5.41) is 3.03. The van der Waals surface area contributed by atoms with E-state index < -0.39 is 0 Å². The normalized spacial score (nSPS) is 23.1. The van der Waals surface area contributed by atoms with Gasteiger partial charge in [0.15, 0.2) is 0 Å². The zero-order valence-corrected chi connectivity index (χ0v) is 12.2. The van der Waals surface area contributed by atoms with E-state index in [9.17, 15) is 4.79 Å². The predicted molar refractivity (Wildman–Crippen MR) is 74.8 cm³/mol. The van der Waals surface area contributed by atoms with Crippen LogP contribution in [0.2, 0.25) is 0 Å². The highest BCUT2D eigenvalue weighted by Gasteiger charge is 2.31. The molecule has 19 heavy (non-hydrogen) atoms. The van der Waals surface area contributed by atoms with E-state index in [4.69, 9.17) is 10.5 Å². The first-order chi connectivity index (χ1) is 8.99. The predicted octanol–water partition coefficient (Wildman–Crippen LogP) is 0.341. The number of nitrogens with two attached hydrogens (primary N) is 1. The van der Waals surface area contributed by atoms with Gasteiger partial charge in [0, 0.05) is 37.6 Å². The topological polar surface area (TPSA) is 67.6 Å². The maximum absolute atomic E-state index is 11.9. The molecule has 1 aliphatic carbocycles. The Morgan fingerprint density at radius 3 is 2.63 bits per heavy atom. The van der Waals surface area contributed by atoms with Crippen LogP contribution in [0.3, 0.4) is 0 Å². The molecule has 0 aromatic heterocycles. The molecule has 0 radical (unpaired) electrons. The summed E-state index contributed by atoms with van der Waals surface area (Å²) in [6.07, 6.45) is 2.84. The van der Waals surface area contributed by atoms with E-state index in [1.54, 1.807) is 0 Å². The molecule has 1 aliphatic heterocycles. The van der Waals surface area contributed by atoms with E-state index in [1.165, 1.54) is 12.8 Å². The molecule has 5 nitrogen and oxygen atoms in total. The molecule has 5 heteroatoms. The van der Waals surface area contributed by atoms with E-state index in [0.717, 1.165) is 26.3 Å². The molecule has 110 valence electrons. The Bertz CT molecular complexity index is 310. The third kappa shape index (κ3) is 4.44. The van der Waals surface area contributed by atoms with Crippen molar-refractivity contribution in [3.05, 3.63) is 0 Å². The first kappa shape index (κ1) is 14.8. The molecule has 1 saturated heterocycles. The molecule has 0 bridgehead atoms. The summed E-state index contributed by atoms with van der Waals surface area (Å²) in [5.74, 6) is 0.665. The molecule has 0 spiro atoms. The summed E-state index contributed by atoms with van der Waals surface area (Å²) >= 11 is 0. The lowest BCUT2D eigenvalue weighted by molar-refractivity contribution is -0.122. The molecule has 1 amide bonds. The van der Waals surface area contributed by atoms with E-state index in [-0.39, 0.29) is 17.5 Å². The van der Waals surface area contributed by atoms with E-state index in [0.29, 0.717) is 18.9 Å². The highest BCUT2D eigenvalue weighted by atomic mass is 16.5. The first-order valence-corrected chi connectivity index (χ1v) is 7.34. The van der Waals surface area contributed by atoms with Crippen molar-refractivity contribution in [2.45, 2.75) is 44.7 Å². The van der Waals surface area contributed by atoms with Crippen molar-refractivity contribution in [1.29, 1.82) is 0 Å². The highest BCUT2D eigenvalue weighted by Crippen LogP contribution is 2.32. The quantitative estimate of drug-likeness (QED) is 0.730. The van der Waals surface area contributed by atoms with Gasteiger partial charge in [-0.05, 0) is 32.6 Å². The highest BCUT2D eigenvalue weighted by molar-refractivity contribution is 5.76. The maximum Gasteiger partial charge on any atom is 0.221 e. The fraction of sp³-hybridized carbons (Fsp3) is 0.929. The summed E-state index contributed by atoms with van der Waals surface area (Å²) in [6, 6.07) is 0.0477. The molecular weight excluding hydrogens is 242 g/mol. The molecule has 2 rings (SSSR count). The summed E-state index contributed by atoms with van der Waals surface area (Å²) in [5.41, 5.74) is 5.95.